The molecule has 0 aromatic heterocycles. The van der Waals surface area contributed by atoms with Crippen LogP contribution in [0.5, 0.6) is 0 Å². The number of hydrogen-bond acceptors (Lipinski definition) is 2. The highest BCUT2D eigenvalue weighted by atomic mass is 32.2. The maximum Gasteiger partial charge on any atom is 0.137 e. The summed E-state index contributed by atoms with van der Waals surface area (Å²) in [5.74, 6) is 1.85. The summed E-state index contributed by atoms with van der Waals surface area (Å²) in [6.45, 7) is 11.3. The van der Waals surface area contributed by atoms with Crippen molar-refractivity contribution in [3.63, 3.8) is 0 Å². The van der Waals surface area contributed by atoms with Crippen molar-refractivity contribution in [2.45, 2.75) is 46.2 Å². The van der Waals surface area contributed by atoms with Gasteiger partial charge in [0, 0.05) is 17.3 Å². The molecule has 0 N–H and O–H groups in total. The fraction of sp³-hybridized carbons (Fsp3) is 0.900. The maximum absolute atomic E-state index is 5.37. The molecule has 1 heterocycles. The van der Waals surface area contributed by atoms with Gasteiger partial charge < -0.3 is 4.90 Å². The molecule has 0 amide bonds. The number of hydrogen-bond donors (Lipinski definition) is 0. The molecule has 1 saturated heterocycles. The zero-order valence-electron chi connectivity index (χ0n) is 9.13. The smallest absolute Gasteiger partial charge is 0.137 e. The lowest BCUT2D eigenvalue weighted by Crippen LogP contribution is -2.48. The molecular formula is C10H19NS2. The van der Waals surface area contributed by atoms with E-state index in [4.69, 9.17) is 12.2 Å². The predicted molar refractivity (Wildman–Crippen MR) is 65.3 cm³/mol. The Hall–Kier alpha value is 0.240. The predicted octanol–water partition coefficient (Wildman–Crippen LogP) is 3.14. The first-order chi connectivity index (χ1) is 5.84. The lowest BCUT2D eigenvalue weighted by Gasteiger charge is -2.39. The van der Waals surface area contributed by atoms with Crippen LogP contribution in [0.4, 0.5) is 0 Å². The molecule has 1 aliphatic rings. The van der Waals surface area contributed by atoms with E-state index in [1.54, 1.807) is 0 Å². The number of nitrogens with zero attached hydrogens (tertiary/aromatic N) is 1. The Labute approximate surface area is 91.3 Å². The van der Waals surface area contributed by atoms with Gasteiger partial charge in [0.2, 0.25) is 0 Å². The van der Waals surface area contributed by atoms with Crippen LogP contribution in [0, 0.1) is 5.92 Å². The molecule has 1 atom stereocenters. The van der Waals surface area contributed by atoms with Crippen LogP contribution in [0.2, 0.25) is 0 Å². The molecule has 0 aromatic carbocycles. The normalized spacial score (nSPS) is 24.6. The molecule has 0 spiro atoms. The zero-order valence-corrected chi connectivity index (χ0v) is 10.8. The third kappa shape index (κ3) is 2.38. The van der Waals surface area contributed by atoms with Gasteiger partial charge in [-0.05, 0) is 26.7 Å². The first-order valence-electron chi connectivity index (χ1n) is 4.80. The summed E-state index contributed by atoms with van der Waals surface area (Å²) in [4.78, 5) is 2.40. The van der Waals surface area contributed by atoms with Gasteiger partial charge in [-0.1, -0.05) is 37.8 Å². The van der Waals surface area contributed by atoms with E-state index in [0.29, 0.717) is 12.0 Å². The molecule has 1 aliphatic heterocycles. The van der Waals surface area contributed by atoms with Gasteiger partial charge in [-0.2, -0.15) is 0 Å². The quantitative estimate of drug-likeness (QED) is 0.621. The SMILES string of the molecule is CC(C)[C@@H]1CSC(=S)N1C(C)(C)C. The molecule has 0 aromatic rings. The summed E-state index contributed by atoms with van der Waals surface area (Å²) in [5.41, 5.74) is 0.176. The first kappa shape index (κ1) is 11.3. The molecule has 1 rings (SSSR count). The molecule has 76 valence electrons. The minimum Gasteiger partial charge on any atom is -0.349 e. The number of rotatable bonds is 1. The Kier molecular flexibility index (Phi) is 3.29. The van der Waals surface area contributed by atoms with E-state index >= 15 is 0 Å². The van der Waals surface area contributed by atoms with Gasteiger partial charge in [0.25, 0.3) is 0 Å². The molecule has 1 fully saturated rings. The van der Waals surface area contributed by atoms with E-state index in [1.165, 1.54) is 0 Å². The van der Waals surface area contributed by atoms with Crippen molar-refractivity contribution in [1.29, 1.82) is 0 Å². The summed E-state index contributed by atoms with van der Waals surface area (Å²) in [6, 6.07) is 0.623. The minimum absolute atomic E-state index is 0.176. The standard InChI is InChI=1S/C10H19NS2/c1-7(2)8-6-13-9(12)11(8)10(3,4)5/h7-8H,6H2,1-5H3/t8-/m0/s1. The van der Waals surface area contributed by atoms with Gasteiger partial charge in [-0.15, -0.1) is 0 Å². The Bertz CT molecular complexity index is 205. The lowest BCUT2D eigenvalue weighted by molar-refractivity contribution is 0.168. The molecule has 0 aliphatic carbocycles. The van der Waals surface area contributed by atoms with Gasteiger partial charge in [-0.3, -0.25) is 0 Å². The van der Waals surface area contributed by atoms with Crippen LogP contribution < -0.4 is 0 Å². The van der Waals surface area contributed by atoms with Gasteiger partial charge in [0.1, 0.15) is 4.32 Å². The Morgan fingerprint density at radius 1 is 1.46 bits per heavy atom. The highest BCUT2D eigenvalue weighted by molar-refractivity contribution is 8.23. The van der Waals surface area contributed by atoms with Crippen molar-refractivity contribution in [3.05, 3.63) is 0 Å². The van der Waals surface area contributed by atoms with Gasteiger partial charge in [0.15, 0.2) is 0 Å². The van der Waals surface area contributed by atoms with Crippen molar-refractivity contribution in [2.24, 2.45) is 5.92 Å². The van der Waals surface area contributed by atoms with Gasteiger partial charge >= 0.3 is 0 Å². The molecule has 0 bridgehead atoms. The third-order valence-corrected chi connectivity index (χ3v) is 3.90. The van der Waals surface area contributed by atoms with E-state index in [-0.39, 0.29) is 5.54 Å². The molecule has 0 saturated carbocycles. The maximum atomic E-state index is 5.37. The average molecular weight is 217 g/mol. The van der Waals surface area contributed by atoms with E-state index < -0.39 is 0 Å². The van der Waals surface area contributed by atoms with Crippen LogP contribution >= 0.6 is 24.0 Å². The van der Waals surface area contributed by atoms with Crippen molar-refractivity contribution < 1.29 is 0 Å². The summed E-state index contributed by atoms with van der Waals surface area (Å²) in [7, 11) is 0. The van der Waals surface area contributed by atoms with E-state index in [9.17, 15) is 0 Å². The van der Waals surface area contributed by atoms with Crippen LogP contribution in [0.3, 0.4) is 0 Å². The van der Waals surface area contributed by atoms with Crippen LogP contribution in [0.1, 0.15) is 34.6 Å². The summed E-state index contributed by atoms with van der Waals surface area (Å²) in [6.07, 6.45) is 0. The number of thiocarbonyl (C=S) groups is 1. The minimum atomic E-state index is 0.176. The fourth-order valence-electron chi connectivity index (χ4n) is 1.70. The van der Waals surface area contributed by atoms with Gasteiger partial charge in [0.05, 0.1) is 0 Å². The van der Waals surface area contributed by atoms with E-state index in [2.05, 4.69) is 39.5 Å². The second kappa shape index (κ2) is 3.77. The van der Waals surface area contributed by atoms with E-state index in [1.807, 2.05) is 11.8 Å². The van der Waals surface area contributed by atoms with Crippen molar-refractivity contribution in [3.8, 4) is 0 Å². The molecule has 0 radical (unpaired) electrons. The van der Waals surface area contributed by atoms with Crippen molar-refractivity contribution >= 4 is 28.3 Å². The monoisotopic (exact) mass is 217 g/mol. The van der Waals surface area contributed by atoms with E-state index in [0.717, 1.165) is 10.1 Å². The summed E-state index contributed by atoms with van der Waals surface area (Å²) >= 11 is 7.20. The van der Waals surface area contributed by atoms with Crippen LogP contribution in [0.25, 0.3) is 0 Å². The van der Waals surface area contributed by atoms with Gasteiger partial charge in [-0.25, -0.2) is 0 Å². The largest absolute Gasteiger partial charge is 0.349 e. The highest BCUT2D eigenvalue weighted by Gasteiger charge is 2.37. The van der Waals surface area contributed by atoms with Crippen LogP contribution in [-0.4, -0.2) is 26.6 Å². The van der Waals surface area contributed by atoms with Crippen LogP contribution in [0.15, 0.2) is 0 Å². The first-order valence-corrected chi connectivity index (χ1v) is 6.19. The van der Waals surface area contributed by atoms with Crippen LogP contribution in [-0.2, 0) is 0 Å². The highest BCUT2D eigenvalue weighted by Crippen LogP contribution is 2.34. The average Bonchev–Trinajstić information content (AvgIpc) is 2.28. The second-order valence-corrected chi connectivity index (χ2v) is 6.58. The second-order valence-electron chi connectivity index (χ2n) is 4.93. The van der Waals surface area contributed by atoms with Crippen molar-refractivity contribution in [1.82, 2.24) is 4.90 Å². The summed E-state index contributed by atoms with van der Waals surface area (Å²) < 4.78 is 1.08. The topological polar surface area (TPSA) is 3.24 Å². The Balaban J connectivity index is 2.84. The molecule has 0 unspecified atom stereocenters. The number of thioether (sulfide) groups is 1. The zero-order chi connectivity index (χ0) is 10.2. The molecule has 13 heavy (non-hydrogen) atoms. The molecular weight excluding hydrogens is 198 g/mol. The molecule has 3 heteroatoms. The Morgan fingerprint density at radius 3 is 2.31 bits per heavy atom. The molecule has 1 nitrogen and oxygen atoms in total. The fourth-order valence-corrected chi connectivity index (χ4v) is 3.71. The third-order valence-electron chi connectivity index (χ3n) is 2.40. The summed E-state index contributed by atoms with van der Waals surface area (Å²) in [5, 5.41) is 0. The Morgan fingerprint density at radius 2 is 2.00 bits per heavy atom. The van der Waals surface area contributed by atoms with Crippen molar-refractivity contribution in [2.75, 3.05) is 5.75 Å². The lowest BCUT2D eigenvalue weighted by atomic mass is 9.98.